The van der Waals surface area contributed by atoms with Gasteiger partial charge in [-0.05, 0) is 12.5 Å². The Morgan fingerprint density at radius 2 is 2.17 bits per heavy atom. The van der Waals surface area contributed by atoms with Crippen LogP contribution >= 0.6 is 11.8 Å². The van der Waals surface area contributed by atoms with E-state index >= 15 is 0 Å². The lowest BCUT2D eigenvalue weighted by Gasteiger charge is -2.05. The second-order valence-corrected chi connectivity index (χ2v) is 4.80. The maximum absolute atomic E-state index is 11.5. The lowest BCUT2D eigenvalue weighted by molar-refractivity contribution is -0.118. The smallest absolute Gasteiger partial charge is 0.230 e. The van der Waals surface area contributed by atoms with Crippen LogP contribution in [0.4, 0.5) is 0 Å². The van der Waals surface area contributed by atoms with E-state index in [0.29, 0.717) is 5.75 Å². The number of benzene rings is 1. The van der Waals surface area contributed by atoms with Crippen molar-refractivity contribution in [2.45, 2.75) is 18.4 Å². The van der Waals surface area contributed by atoms with Gasteiger partial charge in [0.1, 0.15) is 11.4 Å². The SMILES string of the molecule is CCCNC(=O)CSc1ncnc2ccccc12. The maximum atomic E-state index is 11.5. The molecule has 1 amide bonds. The van der Waals surface area contributed by atoms with Gasteiger partial charge in [0, 0.05) is 11.9 Å². The summed E-state index contributed by atoms with van der Waals surface area (Å²) in [6.45, 7) is 2.76. The number of fused-ring (bicyclic) bond motifs is 1. The topological polar surface area (TPSA) is 54.9 Å². The number of hydrogen-bond donors (Lipinski definition) is 1. The Kier molecular flexibility index (Phi) is 4.52. The van der Waals surface area contributed by atoms with Gasteiger partial charge >= 0.3 is 0 Å². The summed E-state index contributed by atoms with van der Waals surface area (Å²) in [5.41, 5.74) is 0.906. The molecule has 0 fully saturated rings. The zero-order valence-corrected chi connectivity index (χ0v) is 11.0. The molecule has 0 spiro atoms. The van der Waals surface area contributed by atoms with E-state index in [9.17, 15) is 4.79 Å². The molecule has 2 aromatic rings. The van der Waals surface area contributed by atoms with Crippen LogP contribution in [0, 0.1) is 0 Å². The highest BCUT2D eigenvalue weighted by molar-refractivity contribution is 8.00. The Hall–Kier alpha value is -1.62. The molecule has 0 atom stereocenters. The van der Waals surface area contributed by atoms with E-state index in [0.717, 1.165) is 28.9 Å². The zero-order valence-electron chi connectivity index (χ0n) is 10.2. The summed E-state index contributed by atoms with van der Waals surface area (Å²) in [6, 6.07) is 7.81. The first-order valence-electron chi connectivity index (χ1n) is 5.90. The van der Waals surface area contributed by atoms with Crippen molar-refractivity contribution >= 4 is 28.6 Å². The van der Waals surface area contributed by atoms with Crippen LogP contribution in [-0.4, -0.2) is 28.2 Å². The third-order valence-corrected chi connectivity index (χ3v) is 3.42. The molecule has 0 aliphatic carbocycles. The predicted molar refractivity (Wildman–Crippen MR) is 73.6 cm³/mol. The van der Waals surface area contributed by atoms with Crippen molar-refractivity contribution in [3.05, 3.63) is 30.6 Å². The molecule has 1 aromatic carbocycles. The first kappa shape index (κ1) is 12.8. The van der Waals surface area contributed by atoms with Crippen molar-refractivity contribution < 1.29 is 4.79 Å². The van der Waals surface area contributed by atoms with E-state index in [1.54, 1.807) is 0 Å². The summed E-state index contributed by atoms with van der Waals surface area (Å²) < 4.78 is 0. The van der Waals surface area contributed by atoms with Crippen molar-refractivity contribution in [2.24, 2.45) is 0 Å². The average molecular weight is 261 g/mol. The zero-order chi connectivity index (χ0) is 12.8. The summed E-state index contributed by atoms with van der Waals surface area (Å²) in [7, 11) is 0. The number of nitrogens with zero attached hydrogens (tertiary/aromatic N) is 2. The van der Waals surface area contributed by atoms with Crippen molar-refractivity contribution in [1.82, 2.24) is 15.3 Å². The van der Waals surface area contributed by atoms with E-state index in [1.165, 1.54) is 18.1 Å². The normalized spacial score (nSPS) is 10.5. The number of carbonyl (C=O) groups is 1. The second kappa shape index (κ2) is 6.35. The number of amides is 1. The fourth-order valence-electron chi connectivity index (χ4n) is 1.54. The molecule has 1 heterocycles. The number of thioether (sulfide) groups is 1. The molecule has 5 heteroatoms. The fourth-order valence-corrected chi connectivity index (χ4v) is 2.36. The number of rotatable bonds is 5. The fraction of sp³-hybridized carbons (Fsp3) is 0.308. The number of hydrogen-bond acceptors (Lipinski definition) is 4. The highest BCUT2D eigenvalue weighted by atomic mass is 32.2. The van der Waals surface area contributed by atoms with Gasteiger partial charge in [-0.1, -0.05) is 36.9 Å². The Bertz CT molecular complexity index is 539. The number of aromatic nitrogens is 2. The van der Waals surface area contributed by atoms with Gasteiger partial charge in [-0.25, -0.2) is 9.97 Å². The van der Waals surface area contributed by atoms with E-state index in [1.807, 2.05) is 31.2 Å². The molecule has 0 radical (unpaired) electrons. The Balaban J connectivity index is 2.05. The summed E-state index contributed by atoms with van der Waals surface area (Å²) >= 11 is 1.45. The van der Waals surface area contributed by atoms with Crippen molar-refractivity contribution in [2.75, 3.05) is 12.3 Å². The molecular weight excluding hydrogens is 246 g/mol. The summed E-state index contributed by atoms with van der Waals surface area (Å²) in [4.78, 5) is 20.0. The number of nitrogens with one attached hydrogen (secondary N) is 1. The quantitative estimate of drug-likeness (QED) is 0.662. The molecule has 0 unspecified atom stereocenters. The monoisotopic (exact) mass is 261 g/mol. The van der Waals surface area contributed by atoms with Crippen LogP contribution in [0.3, 0.4) is 0 Å². The van der Waals surface area contributed by atoms with Crippen LogP contribution in [0.2, 0.25) is 0 Å². The number of carbonyl (C=O) groups excluding carboxylic acids is 1. The highest BCUT2D eigenvalue weighted by Crippen LogP contribution is 2.23. The van der Waals surface area contributed by atoms with E-state index in [4.69, 9.17) is 0 Å². The maximum Gasteiger partial charge on any atom is 0.230 e. The van der Waals surface area contributed by atoms with Crippen LogP contribution in [-0.2, 0) is 4.79 Å². The summed E-state index contributed by atoms with van der Waals surface area (Å²) in [5, 5.41) is 4.70. The standard InChI is InChI=1S/C13H15N3OS/c1-2-7-14-12(17)8-18-13-10-5-3-4-6-11(10)15-9-16-13/h3-6,9H,2,7-8H2,1H3,(H,14,17). The van der Waals surface area contributed by atoms with E-state index in [-0.39, 0.29) is 5.91 Å². The molecule has 0 aliphatic rings. The van der Waals surface area contributed by atoms with E-state index in [2.05, 4.69) is 15.3 Å². The molecule has 4 nitrogen and oxygen atoms in total. The lowest BCUT2D eigenvalue weighted by atomic mass is 10.2. The Labute approximate surface area is 110 Å². The molecule has 0 aliphatic heterocycles. The molecular formula is C13H15N3OS. The molecule has 0 saturated heterocycles. The molecule has 18 heavy (non-hydrogen) atoms. The predicted octanol–water partition coefficient (Wildman–Crippen LogP) is 2.25. The van der Waals surface area contributed by atoms with Gasteiger partial charge in [-0.2, -0.15) is 0 Å². The minimum Gasteiger partial charge on any atom is -0.355 e. The minimum atomic E-state index is 0.0459. The third-order valence-electron chi connectivity index (χ3n) is 2.42. The molecule has 0 saturated carbocycles. The Morgan fingerprint density at radius 3 is 3.00 bits per heavy atom. The summed E-state index contributed by atoms with van der Waals surface area (Å²) in [6.07, 6.45) is 2.49. The third kappa shape index (κ3) is 3.20. The highest BCUT2D eigenvalue weighted by Gasteiger charge is 2.06. The van der Waals surface area contributed by atoms with E-state index < -0.39 is 0 Å². The van der Waals surface area contributed by atoms with Gasteiger partial charge in [0.25, 0.3) is 0 Å². The molecule has 1 N–H and O–H groups in total. The minimum absolute atomic E-state index is 0.0459. The van der Waals surface area contributed by atoms with Gasteiger partial charge in [0.15, 0.2) is 0 Å². The van der Waals surface area contributed by atoms with Gasteiger partial charge < -0.3 is 5.32 Å². The largest absolute Gasteiger partial charge is 0.355 e. The molecule has 0 bridgehead atoms. The van der Waals surface area contributed by atoms with Crippen LogP contribution in [0.15, 0.2) is 35.6 Å². The van der Waals surface area contributed by atoms with Crippen molar-refractivity contribution in [3.8, 4) is 0 Å². The van der Waals surface area contributed by atoms with Crippen LogP contribution in [0.25, 0.3) is 10.9 Å². The Morgan fingerprint density at radius 1 is 1.33 bits per heavy atom. The van der Waals surface area contributed by atoms with Crippen molar-refractivity contribution in [3.63, 3.8) is 0 Å². The van der Waals surface area contributed by atoms with Crippen LogP contribution in [0.1, 0.15) is 13.3 Å². The van der Waals surface area contributed by atoms with Gasteiger partial charge in [0.05, 0.1) is 11.3 Å². The molecule has 94 valence electrons. The lowest BCUT2D eigenvalue weighted by Crippen LogP contribution is -2.25. The molecule has 2 rings (SSSR count). The first-order chi connectivity index (χ1) is 8.81. The van der Waals surface area contributed by atoms with Crippen LogP contribution < -0.4 is 5.32 Å². The van der Waals surface area contributed by atoms with Gasteiger partial charge in [-0.3, -0.25) is 4.79 Å². The second-order valence-electron chi connectivity index (χ2n) is 3.83. The van der Waals surface area contributed by atoms with Gasteiger partial charge in [0.2, 0.25) is 5.91 Å². The average Bonchev–Trinajstić information content (AvgIpc) is 2.42. The van der Waals surface area contributed by atoms with Crippen molar-refractivity contribution in [1.29, 1.82) is 0 Å². The molecule has 1 aromatic heterocycles. The first-order valence-corrected chi connectivity index (χ1v) is 6.89. The number of para-hydroxylation sites is 1. The van der Waals surface area contributed by atoms with Gasteiger partial charge in [-0.15, -0.1) is 0 Å². The van der Waals surface area contributed by atoms with Crippen LogP contribution in [0.5, 0.6) is 0 Å². The summed E-state index contributed by atoms with van der Waals surface area (Å²) in [5.74, 6) is 0.436.